The number of anilines is 1. The van der Waals surface area contributed by atoms with Crippen molar-refractivity contribution in [3.63, 3.8) is 0 Å². The zero-order chi connectivity index (χ0) is 13.8. The van der Waals surface area contributed by atoms with Crippen LogP contribution in [0.2, 0.25) is 0 Å². The van der Waals surface area contributed by atoms with E-state index in [0.717, 1.165) is 43.9 Å². The highest BCUT2D eigenvalue weighted by molar-refractivity contribution is 9.08. The van der Waals surface area contributed by atoms with E-state index in [1.165, 1.54) is 0 Å². The third-order valence-electron chi connectivity index (χ3n) is 3.45. The van der Waals surface area contributed by atoms with Gasteiger partial charge in [0.15, 0.2) is 0 Å². The molecule has 19 heavy (non-hydrogen) atoms. The van der Waals surface area contributed by atoms with Crippen molar-refractivity contribution in [1.29, 1.82) is 0 Å². The predicted molar refractivity (Wildman–Crippen MR) is 80.1 cm³/mol. The molecule has 2 rings (SSSR count). The summed E-state index contributed by atoms with van der Waals surface area (Å²) in [5.41, 5.74) is 1.88. The molecule has 0 unspecified atom stereocenters. The van der Waals surface area contributed by atoms with E-state index in [-0.39, 0.29) is 10.6 Å². The number of nitro groups is 1. The van der Waals surface area contributed by atoms with Crippen LogP contribution < -0.4 is 4.90 Å². The quantitative estimate of drug-likeness (QED) is 0.486. The molecule has 1 aliphatic rings. The highest BCUT2D eigenvalue weighted by Gasteiger charge is 2.21. The summed E-state index contributed by atoms with van der Waals surface area (Å²) in [5, 5.41) is 11.9. The first-order valence-corrected chi connectivity index (χ1v) is 7.50. The van der Waals surface area contributed by atoms with E-state index in [4.69, 9.17) is 0 Å². The molecule has 6 heteroatoms. The summed E-state index contributed by atoms with van der Waals surface area (Å²) in [6.45, 7) is 3.70. The summed E-state index contributed by atoms with van der Waals surface area (Å²) >= 11 is 3.34. The number of rotatable bonds is 3. The topological polar surface area (TPSA) is 49.6 Å². The molecule has 0 aliphatic carbocycles. The predicted octanol–water partition coefficient (Wildman–Crippen LogP) is 2.63. The lowest BCUT2D eigenvalue weighted by atomic mass is 10.1. The van der Waals surface area contributed by atoms with Gasteiger partial charge in [-0.15, -0.1) is 0 Å². The average Bonchev–Trinajstić information content (AvgIpc) is 2.62. The summed E-state index contributed by atoms with van der Waals surface area (Å²) in [6, 6.07) is 5.49. The van der Waals surface area contributed by atoms with Crippen LogP contribution in [-0.4, -0.2) is 43.0 Å². The van der Waals surface area contributed by atoms with Crippen molar-refractivity contribution < 1.29 is 4.92 Å². The van der Waals surface area contributed by atoms with Crippen LogP contribution in [0, 0.1) is 10.1 Å². The summed E-state index contributed by atoms with van der Waals surface area (Å²) < 4.78 is 0. The van der Waals surface area contributed by atoms with Crippen LogP contribution in [0.3, 0.4) is 0 Å². The molecule has 0 saturated carbocycles. The van der Waals surface area contributed by atoms with Crippen molar-refractivity contribution in [3.05, 3.63) is 33.9 Å². The molecule has 1 saturated heterocycles. The van der Waals surface area contributed by atoms with Crippen LogP contribution in [0.5, 0.6) is 0 Å². The molecular formula is C13H18BrN3O2. The number of hydrogen-bond donors (Lipinski definition) is 0. The van der Waals surface area contributed by atoms with Crippen molar-refractivity contribution >= 4 is 27.3 Å². The van der Waals surface area contributed by atoms with E-state index in [2.05, 4.69) is 32.8 Å². The van der Waals surface area contributed by atoms with Gasteiger partial charge in [-0.2, -0.15) is 0 Å². The smallest absolute Gasteiger partial charge is 0.292 e. The summed E-state index contributed by atoms with van der Waals surface area (Å²) in [7, 11) is 2.09. The van der Waals surface area contributed by atoms with Crippen LogP contribution in [0.1, 0.15) is 12.0 Å². The van der Waals surface area contributed by atoms with Gasteiger partial charge >= 0.3 is 0 Å². The molecule has 0 atom stereocenters. The van der Waals surface area contributed by atoms with Crippen LogP contribution >= 0.6 is 15.9 Å². The van der Waals surface area contributed by atoms with Crippen molar-refractivity contribution in [2.75, 3.05) is 38.1 Å². The fraction of sp³-hybridized carbons (Fsp3) is 0.538. The Morgan fingerprint density at radius 3 is 2.79 bits per heavy atom. The van der Waals surface area contributed by atoms with E-state index < -0.39 is 0 Å². The Labute approximate surface area is 121 Å². The van der Waals surface area contributed by atoms with Crippen molar-refractivity contribution in [2.45, 2.75) is 11.8 Å². The molecule has 0 aromatic heterocycles. The molecule has 1 aromatic carbocycles. The van der Waals surface area contributed by atoms with E-state index in [1.807, 2.05) is 12.1 Å². The third kappa shape index (κ3) is 3.45. The van der Waals surface area contributed by atoms with Crippen LogP contribution in [0.25, 0.3) is 0 Å². The standard InChI is InChI=1S/C13H18BrN3O2/c1-15-5-2-6-16(8-7-15)12-4-3-11(10-14)9-13(12)17(18)19/h3-4,9H,2,5-8,10H2,1H3. The van der Waals surface area contributed by atoms with Gasteiger partial charge in [-0.3, -0.25) is 10.1 Å². The van der Waals surface area contributed by atoms with Crippen molar-refractivity contribution in [3.8, 4) is 0 Å². The number of alkyl halides is 1. The second-order valence-electron chi connectivity index (χ2n) is 4.86. The van der Waals surface area contributed by atoms with Crippen molar-refractivity contribution in [1.82, 2.24) is 4.90 Å². The molecule has 0 N–H and O–H groups in total. The van der Waals surface area contributed by atoms with Gasteiger partial charge in [0.1, 0.15) is 5.69 Å². The second kappa shape index (κ2) is 6.34. The van der Waals surface area contributed by atoms with E-state index in [9.17, 15) is 10.1 Å². The van der Waals surface area contributed by atoms with Crippen LogP contribution in [0.15, 0.2) is 18.2 Å². The highest BCUT2D eigenvalue weighted by atomic mass is 79.9. The fourth-order valence-corrected chi connectivity index (χ4v) is 2.70. The Morgan fingerprint density at radius 2 is 2.11 bits per heavy atom. The summed E-state index contributed by atoms with van der Waals surface area (Å²) in [4.78, 5) is 15.3. The number of nitro benzene ring substituents is 1. The lowest BCUT2D eigenvalue weighted by molar-refractivity contribution is -0.384. The number of benzene rings is 1. The van der Waals surface area contributed by atoms with Crippen molar-refractivity contribution in [2.24, 2.45) is 0 Å². The van der Waals surface area contributed by atoms with Gasteiger partial charge in [-0.25, -0.2) is 0 Å². The van der Waals surface area contributed by atoms with E-state index in [1.54, 1.807) is 6.07 Å². The number of nitrogens with zero attached hydrogens (tertiary/aromatic N) is 3. The first kappa shape index (κ1) is 14.3. The summed E-state index contributed by atoms with van der Waals surface area (Å²) in [6.07, 6.45) is 1.04. The maximum absolute atomic E-state index is 11.2. The minimum absolute atomic E-state index is 0.210. The molecule has 1 aliphatic heterocycles. The van der Waals surface area contributed by atoms with Crippen LogP contribution in [-0.2, 0) is 5.33 Å². The number of likely N-dealkylation sites (N-methyl/N-ethyl adjacent to an activating group) is 1. The summed E-state index contributed by atoms with van der Waals surface area (Å²) in [5.74, 6) is 0. The Morgan fingerprint density at radius 1 is 1.32 bits per heavy atom. The first-order chi connectivity index (χ1) is 9.11. The maximum Gasteiger partial charge on any atom is 0.292 e. The Hall–Kier alpha value is -1.14. The minimum atomic E-state index is -0.282. The zero-order valence-electron chi connectivity index (χ0n) is 11.0. The van der Waals surface area contributed by atoms with Gasteiger partial charge in [0, 0.05) is 31.0 Å². The monoisotopic (exact) mass is 327 g/mol. The molecule has 0 radical (unpaired) electrons. The number of hydrogen-bond acceptors (Lipinski definition) is 4. The minimum Gasteiger partial charge on any atom is -0.365 e. The van der Waals surface area contributed by atoms with Gasteiger partial charge in [0.25, 0.3) is 5.69 Å². The third-order valence-corrected chi connectivity index (χ3v) is 4.10. The lowest BCUT2D eigenvalue weighted by Gasteiger charge is -2.22. The normalized spacial score (nSPS) is 17.3. The van der Waals surface area contributed by atoms with Gasteiger partial charge in [0.2, 0.25) is 0 Å². The van der Waals surface area contributed by atoms with Gasteiger partial charge in [-0.1, -0.05) is 22.0 Å². The van der Waals surface area contributed by atoms with Gasteiger partial charge < -0.3 is 9.80 Å². The fourth-order valence-electron chi connectivity index (χ4n) is 2.35. The highest BCUT2D eigenvalue weighted by Crippen LogP contribution is 2.30. The van der Waals surface area contributed by atoms with Crippen LogP contribution in [0.4, 0.5) is 11.4 Å². The SMILES string of the molecule is CN1CCCN(c2ccc(CBr)cc2[N+](=O)[O-])CC1. The first-order valence-electron chi connectivity index (χ1n) is 6.38. The molecule has 0 amide bonds. The molecular weight excluding hydrogens is 310 g/mol. The molecule has 1 fully saturated rings. The molecule has 0 spiro atoms. The van der Waals surface area contributed by atoms with Gasteiger partial charge in [-0.05, 0) is 31.6 Å². The Balaban J connectivity index is 2.30. The average molecular weight is 328 g/mol. The van der Waals surface area contributed by atoms with E-state index >= 15 is 0 Å². The number of halogens is 1. The molecule has 1 heterocycles. The van der Waals surface area contributed by atoms with Gasteiger partial charge in [0.05, 0.1) is 4.92 Å². The lowest BCUT2D eigenvalue weighted by Crippen LogP contribution is -2.29. The molecule has 5 nitrogen and oxygen atoms in total. The molecule has 1 aromatic rings. The Kier molecular flexibility index (Phi) is 4.76. The molecule has 104 valence electrons. The molecule has 0 bridgehead atoms. The van der Waals surface area contributed by atoms with E-state index in [0.29, 0.717) is 5.33 Å². The maximum atomic E-state index is 11.2. The zero-order valence-corrected chi connectivity index (χ0v) is 12.6. The second-order valence-corrected chi connectivity index (χ2v) is 5.42. The largest absolute Gasteiger partial charge is 0.365 e. The Bertz CT molecular complexity index is 467.